The van der Waals surface area contributed by atoms with Crippen molar-refractivity contribution in [1.82, 2.24) is 10.2 Å². The van der Waals surface area contributed by atoms with Crippen molar-refractivity contribution in [3.63, 3.8) is 0 Å². The highest BCUT2D eigenvalue weighted by molar-refractivity contribution is 14.0. The van der Waals surface area contributed by atoms with Gasteiger partial charge in [0.25, 0.3) is 0 Å². The molecule has 2 aromatic rings. The van der Waals surface area contributed by atoms with E-state index in [0.717, 1.165) is 30.2 Å². The van der Waals surface area contributed by atoms with Gasteiger partial charge in [0.15, 0.2) is 17.5 Å². The average Bonchev–Trinajstić information content (AvgIpc) is 3.19. The smallest absolute Gasteiger partial charge is 0.196 e. The van der Waals surface area contributed by atoms with Gasteiger partial charge in [0, 0.05) is 31.3 Å². The molecule has 7 heteroatoms. The summed E-state index contributed by atoms with van der Waals surface area (Å²) >= 11 is 0. The molecule has 2 aliphatic rings. The van der Waals surface area contributed by atoms with E-state index < -0.39 is 0 Å². The standard InChI is InChI=1S/C25H32N4O2.HI/c1-2-12-26-25(28-22-10-11-23-24(17-22)31-16-5-15-30-23)27-18-20-6-8-21(9-7-20)19-29-13-3-4-14-29;/h2,6-11,17H,1,3-5,12-16,18-19H2,(H2,26,27,28);1H. The molecule has 0 bridgehead atoms. The van der Waals surface area contributed by atoms with Crippen LogP contribution in [0.5, 0.6) is 11.5 Å². The van der Waals surface area contributed by atoms with Crippen LogP contribution in [0.3, 0.4) is 0 Å². The number of aliphatic imine (C=N–C) groups is 1. The van der Waals surface area contributed by atoms with Crippen molar-refractivity contribution in [2.75, 3.05) is 38.2 Å². The topological polar surface area (TPSA) is 58.1 Å². The number of nitrogens with one attached hydrogen (secondary N) is 2. The highest BCUT2D eigenvalue weighted by atomic mass is 127. The molecule has 0 amide bonds. The highest BCUT2D eigenvalue weighted by Crippen LogP contribution is 2.32. The van der Waals surface area contributed by atoms with Crippen LogP contribution < -0.4 is 20.1 Å². The summed E-state index contributed by atoms with van der Waals surface area (Å²) < 4.78 is 11.5. The summed E-state index contributed by atoms with van der Waals surface area (Å²) in [7, 11) is 0. The molecule has 1 fully saturated rings. The Morgan fingerprint density at radius 1 is 0.969 bits per heavy atom. The maximum absolute atomic E-state index is 5.79. The molecule has 2 aromatic carbocycles. The highest BCUT2D eigenvalue weighted by Gasteiger charge is 2.12. The first-order chi connectivity index (χ1) is 15.3. The Kier molecular flexibility index (Phi) is 9.67. The predicted molar refractivity (Wildman–Crippen MR) is 141 cm³/mol. The molecule has 0 saturated carbocycles. The summed E-state index contributed by atoms with van der Waals surface area (Å²) in [6, 6.07) is 14.7. The molecular formula is C25H33IN4O2. The zero-order valence-electron chi connectivity index (χ0n) is 18.5. The molecule has 172 valence electrons. The number of halogens is 1. The number of hydrogen-bond donors (Lipinski definition) is 2. The lowest BCUT2D eigenvalue weighted by Crippen LogP contribution is -2.31. The minimum atomic E-state index is 0. The van der Waals surface area contributed by atoms with E-state index in [9.17, 15) is 0 Å². The van der Waals surface area contributed by atoms with Crippen LogP contribution in [0.4, 0.5) is 5.69 Å². The zero-order valence-corrected chi connectivity index (χ0v) is 20.8. The monoisotopic (exact) mass is 548 g/mol. The van der Waals surface area contributed by atoms with Crippen molar-refractivity contribution in [3.8, 4) is 11.5 Å². The van der Waals surface area contributed by atoms with Gasteiger partial charge in [-0.3, -0.25) is 4.90 Å². The van der Waals surface area contributed by atoms with Crippen LogP contribution in [-0.2, 0) is 13.1 Å². The second kappa shape index (κ2) is 12.7. The Balaban J connectivity index is 0.00000289. The first-order valence-electron chi connectivity index (χ1n) is 11.2. The number of fused-ring (bicyclic) bond motifs is 1. The molecule has 32 heavy (non-hydrogen) atoms. The minimum absolute atomic E-state index is 0. The van der Waals surface area contributed by atoms with Gasteiger partial charge in [-0.25, -0.2) is 4.99 Å². The molecule has 0 aromatic heterocycles. The predicted octanol–water partition coefficient (Wildman–Crippen LogP) is 4.81. The van der Waals surface area contributed by atoms with Gasteiger partial charge in [-0.2, -0.15) is 0 Å². The lowest BCUT2D eigenvalue weighted by molar-refractivity contribution is 0.297. The van der Waals surface area contributed by atoms with Gasteiger partial charge < -0.3 is 20.1 Å². The lowest BCUT2D eigenvalue weighted by Gasteiger charge is -2.15. The number of anilines is 1. The van der Waals surface area contributed by atoms with Gasteiger partial charge in [-0.1, -0.05) is 30.3 Å². The second-order valence-corrected chi connectivity index (χ2v) is 7.97. The third-order valence-electron chi connectivity index (χ3n) is 5.47. The Hall–Kier alpha value is -2.26. The molecule has 6 nitrogen and oxygen atoms in total. The first-order valence-corrected chi connectivity index (χ1v) is 11.2. The van der Waals surface area contributed by atoms with Crippen LogP contribution in [0.2, 0.25) is 0 Å². The number of hydrogen-bond acceptors (Lipinski definition) is 4. The van der Waals surface area contributed by atoms with E-state index in [2.05, 4.69) is 46.4 Å². The SMILES string of the molecule is C=CCNC(=NCc1ccc(CN2CCCC2)cc1)Nc1ccc2c(c1)OCCCO2.I. The normalized spacial score (nSPS) is 16.1. The molecule has 2 heterocycles. The fraction of sp³-hybridized carbons (Fsp3) is 0.400. The van der Waals surface area contributed by atoms with Crippen molar-refractivity contribution in [3.05, 3.63) is 66.2 Å². The molecular weight excluding hydrogens is 515 g/mol. The van der Waals surface area contributed by atoms with Crippen LogP contribution in [0.15, 0.2) is 60.1 Å². The number of nitrogens with zero attached hydrogens (tertiary/aromatic N) is 2. The van der Waals surface area contributed by atoms with Crippen molar-refractivity contribution in [2.45, 2.75) is 32.4 Å². The van der Waals surface area contributed by atoms with Crippen LogP contribution in [-0.4, -0.2) is 43.7 Å². The molecule has 0 radical (unpaired) electrons. The Bertz CT molecular complexity index is 895. The molecule has 0 spiro atoms. The maximum Gasteiger partial charge on any atom is 0.196 e. The summed E-state index contributed by atoms with van der Waals surface area (Å²) in [4.78, 5) is 7.27. The van der Waals surface area contributed by atoms with E-state index in [1.54, 1.807) is 0 Å². The second-order valence-electron chi connectivity index (χ2n) is 7.97. The van der Waals surface area contributed by atoms with Gasteiger partial charge in [-0.05, 0) is 49.2 Å². The molecule has 2 N–H and O–H groups in total. The van der Waals surface area contributed by atoms with Crippen molar-refractivity contribution < 1.29 is 9.47 Å². The van der Waals surface area contributed by atoms with Crippen molar-refractivity contribution >= 4 is 35.6 Å². The fourth-order valence-corrected chi connectivity index (χ4v) is 3.81. The number of ether oxygens (including phenoxy) is 2. The van der Waals surface area contributed by atoms with E-state index >= 15 is 0 Å². The van der Waals surface area contributed by atoms with E-state index in [1.165, 1.54) is 37.1 Å². The zero-order chi connectivity index (χ0) is 21.3. The summed E-state index contributed by atoms with van der Waals surface area (Å²) in [6.07, 6.45) is 5.35. The van der Waals surface area contributed by atoms with E-state index in [4.69, 9.17) is 14.5 Å². The number of benzene rings is 2. The number of guanidine groups is 1. The van der Waals surface area contributed by atoms with Crippen LogP contribution in [0.1, 0.15) is 30.4 Å². The van der Waals surface area contributed by atoms with Crippen molar-refractivity contribution in [1.29, 1.82) is 0 Å². The average molecular weight is 548 g/mol. The summed E-state index contributed by atoms with van der Waals surface area (Å²) in [6.45, 7) is 9.85. The molecule has 0 atom stereocenters. The third-order valence-corrected chi connectivity index (χ3v) is 5.47. The van der Waals surface area contributed by atoms with Crippen LogP contribution >= 0.6 is 24.0 Å². The third kappa shape index (κ3) is 7.13. The Labute approximate surface area is 208 Å². The molecule has 1 saturated heterocycles. The Morgan fingerprint density at radius 3 is 2.44 bits per heavy atom. The van der Waals surface area contributed by atoms with Crippen LogP contribution in [0, 0.1) is 0 Å². The minimum Gasteiger partial charge on any atom is -0.490 e. The number of likely N-dealkylation sites (tertiary alicyclic amines) is 1. The van der Waals surface area contributed by atoms with E-state index in [-0.39, 0.29) is 24.0 Å². The van der Waals surface area contributed by atoms with Gasteiger partial charge in [-0.15, -0.1) is 30.6 Å². The summed E-state index contributed by atoms with van der Waals surface area (Å²) in [5, 5.41) is 6.65. The van der Waals surface area contributed by atoms with Gasteiger partial charge >= 0.3 is 0 Å². The van der Waals surface area contributed by atoms with Crippen LogP contribution in [0.25, 0.3) is 0 Å². The van der Waals surface area contributed by atoms with Gasteiger partial charge in [0.05, 0.1) is 19.8 Å². The Morgan fingerprint density at radius 2 is 1.69 bits per heavy atom. The lowest BCUT2D eigenvalue weighted by atomic mass is 10.1. The molecule has 2 aliphatic heterocycles. The number of rotatable bonds is 7. The van der Waals surface area contributed by atoms with E-state index in [1.807, 2.05) is 24.3 Å². The molecule has 0 aliphatic carbocycles. The maximum atomic E-state index is 5.79. The first kappa shape index (κ1) is 24.4. The quantitative estimate of drug-likeness (QED) is 0.225. The largest absolute Gasteiger partial charge is 0.490 e. The van der Waals surface area contributed by atoms with Crippen molar-refractivity contribution in [2.24, 2.45) is 4.99 Å². The summed E-state index contributed by atoms with van der Waals surface area (Å²) in [5.41, 5.74) is 3.45. The summed E-state index contributed by atoms with van der Waals surface area (Å²) in [5.74, 6) is 2.25. The van der Waals surface area contributed by atoms with Gasteiger partial charge in [0.2, 0.25) is 0 Å². The molecule has 0 unspecified atom stereocenters. The van der Waals surface area contributed by atoms with E-state index in [0.29, 0.717) is 32.3 Å². The van der Waals surface area contributed by atoms with Gasteiger partial charge in [0.1, 0.15) is 0 Å². The molecule has 4 rings (SSSR count). The fourth-order valence-electron chi connectivity index (χ4n) is 3.81.